The van der Waals surface area contributed by atoms with Crippen molar-refractivity contribution in [3.8, 4) is 22.3 Å². The van der Waals surface area contributed by atoms with Gasteiger partial charge in [0.25, 0.3) is 0 Å². The summed E-state index contributed by atoms with van der Waals surface area (Å²) in [7, 11) is 0. The van der Waals surface area contributed by atoms with E-state index in [4.69, 9.17) is 5.10 Å². The van der Waals surface area contributed by atoms with Crippen LogP contribution >= 0.6 is 0 Å². The number of nitrogens with one attached hydrogen (secondary N) is 4. The van der Waals surface area contributed by atoms with E-state index in [1.807, 2.05) is 34.4 Å². The summed E-state index contributed by atoms with van der Waals surface area (Å²) in [6.07, 6.45) is 8.36. The van der Waals surface area contributed by atoms with Crippen molar-refractivity contribution < 1.29 is 14.3 Å². The maximum Gasteiger partial charge on any atom is 0.317 e. The fraction of sp³-hybridized carbons (Fsp3) is 0.517. The van der Waals surface area contributed by atoms with E-state index < -0.39 is 0 Å². The molecule has 4 aromatic heterocycles. The largest absolute Gasteiger partial charge is 0.366 e. The Bertz CT molecular complexity index is 2910. The van der Waals surface area contributed by atoms with Gasteiger partial charge in [-0.05, 0) is 103 Å². The van der Waals surface area contributed by atoms with Gasteiger partial charge in [-0.15, -0.1) is 9.20 Å². The van der Waals surface area contributed by atoms with Crippen molar-refractivity contribution in [2.24, 2.45) is 0 Å². The Balaban J connectivity index is 0.809. The van der Waals surface area contributed by atoms with Gasteiger partial charge in [0.05, 0.1) is 40.2 Å². The topological polar surface area (TPSA) is 127 Å². The summed E-state index contributed by atoms with van der Waals surface area (Å²) in [6, 6.07) is 27.9. The minimum atomic E-state index is -0.147. The molecule has 74 heavy (non-hydrogen) atoms. The SMILES string of the molecule is CC(C)NC(=O)N1CCN(c2cc[n+](CC(C)NC(=O)N3CCN(c4ccnn5cc(-c6ccc([C@]7(C)CN(C(C)C)CCN7)cc6)cc45)CC3)n3cc(-c4ccc([C@@]5(C)CN(C(C)C)CCN5)cc4)cc23)CC1. The first kappa shape index (κ1) is 51.3. The molecule has 16 heteroatoms. The number of anilines is 2. The summed E-state index contributed by atoms with van der Waals surface area (Å²) >= 11 is 0. The van der Waals surface area contributed by atoms with E-state index in [1.165, 1.54) is 16.7 Å². The van der Waals surface area contributed by atoms with Gasteiger partial charge in [0.15, 0.2) is 12.7 Å². The van der Waals surface area contributed by atoms with E-state index in [-0.39, 0.29) is 35.2 Å². The Morgan fingerprint density at radius 3 is 1.59 bits per heavy atom. The van der Waals surface area contributed by atoms with Crippen molar-refractivity contribution in [1.29, 1.82) is 0 Å². The molecule has 2 aromatic carbocycles. The summed E-state index contributed by atoms with van der Waals surface area (Å²) in [5, 5.41) is 18.7. The van der Waals surface area contributed by atoms with E-state index >= 15 is 0 Å². The van der Waals surface area contributed by atoms with Crippen LogP contribution in [0.5, 0.6) is 0 Å². The van der Waals surface area contributed by atoms with Crippen LogP contribution in [0.1, 0.15) is 73.4 Å². The lowest BCUT2D eigenvalue weighted by Gasteiger charge is -2.43. The molecule has 4 aliphatic rings. The zero-order valence-corrected chi connectivity index (χ0v) is 45.4. The van der Waals surface area contributed by atoms with Gasteiger partial charge in [0.1, 0.15) is 5.52 Å². The first-order chi connectivity index (χ1) is 35.5. The Hall–Kier alpha value is -6.20. The van der Waals surface area contributed by atoms with Crippen molar-refractivity contribution in [2.75, 3.05) is 101 Å². The molecule has 3 atom stereocenters. The highest BCUT2D eigenvalue weighted by Crippen LogP contribution is 2.34. The number of hydrogen-bond donors (Lipinski definition) is 4. The standard InChI is InChI=1S/C58H80N14O2/c1-41(2)62-55(73)66-30-28-65(29-31-66)52-19-23-70(72-38-48(35-54(52)72)46-12-16-50(17-13-46)58(9)40-69(43(5)6)25-22-60-58)36-44(7)63-56(74)67-32-26-64(27-33-67)51-18-20-61-71-37-47(34-53(51)71)45-10-14-49(15-11-45)57(8)39-68(42(3)4)24-21-59-57/h10-20,23,34-35,37-38,41-44,59-60H,21-22,24-33,36,39-40H2,1-9H3,(H-,62,63,73,74)/p+1/t44?,57-,58+/m0/s1. The van der Waals surface area contributed by atoms with Crippen molar-refractivity contribution >= 4 is 34.5 Å². The van der Waals surface area contributed by atoms with Gasteiger partial charge in [0.2, 0.25) is 0 Å². The smallest absolute Gasteiger partial charge is 0.317 e. The molecule has 1 unspecified atom stereocenters. The second-order valence-corrected chi connectivity index (χ2v) is 22.8. The van der Waals surface area contributed by atoms with E-state index in [9.17, 15) is 9.59 Å². The van der Waals surface area contributed by atoms with Gasteiger partial charge < -0.3 is 40.9 Å². The Morgan fingerprint density at radius 2 is 1.08 bits per heavy atom. The average molecular weight is 1010 g/mol. The van der Waals surface area contributed by atoms with E-state index in [0.717, 1.165) is 105 Å². The monoisotopic (exact) mass is 1010 g/mol. The quantitative estimate of drug-likeness (QED) is 0.103. The molecule has 16 nitrogen and oxygen atoms in total. The number of carbonyl (C=O) groups excluding carboxylic acids is 2. The Kier molecular flexibility index (Phi) is 14.7. The molecule has 4 amide bonds. The number of hydrogen-bond acceptors (Lipinski definition) is 9. The number of urea groups is 2. The Morgan fingerprint density at radius 1 is 0.595 bits per heavy atom. The highest BCUT2D eigenvalue weighted by molar-refractivity contribution is 5.82. The van der Waals surface area contributed by atoms with Crippen LogP contribution in [-0.2, 0) is 17.6 Å². The number of carbonyl (C=O) groups is 2. The lowest BCUT2D eigenvalue weighted by molar-refractivity contribution is -0.764. The van der Waals surface area contributed by atoms with Gasteiger partial charge in [-0.3, -0.25) is 9.80 Å². The predicted octanol–water partition coefficient (Wildman–Crippen LogP) is 6.43. The molecule has 4 fully saturated rings. The van der Waals surface area contributed by atoms with Crippen LogP contribution in [0.25, 0.3) is 33.3 Å². The molecule has 0 spiro atoms. The molecule has 10 rings (SSSR count). The molecule has 0 aliphatic carbocycles. The zero-order valence-electron chi connectivity index (χ0n) is 45.4. The molecule has 8 heterocycles. The third-order valence-corrected chi connectivity index (χ3v) is 16.3. The summed E-state index contributed by atoms with van der Waals surface area (Å²) in [5.74, 6) is 0. The van der Waals surface area contributed by atoms with Gasteiger partial charge >= 0.3 is 12.1 Å². The van der Waals surface area contributed by atoms with Gasteiger partial charge in [-0.2, -0.15) is 5.10 Å². The fourth-order valence-electron chi connectivity index (χ4n) is 11.8. The number of piperazine rings is 4. The van der Waals surface area contributed by atoms with Crippen molar-refractivity contribution in [1.82, 2.24) is 55.0 Å². The fourth-order valence-corrected chi connectivity index (χ4v) is 11.8. The first-order valence-corrected chi connectivity index (χ1v) is 27.4. The van der Waals surface area contributed by atoms with Crippen LogP contribution in [0.15, 0.2) is 97.6 Å². The number of rotatable bonds is 12. The molecule has 0 bridgehead atoms. The van der Waals surface area contributed by atoms with Gasteiger partial charge in [-0.1, -0.05) is 48.5 Å². The lowest BCUT2D eigenvalue weighted by atomic mass is 9.88. The van der Waals surface area contributed by atoms with Crippen LogP contribution in [0, 0.1) is 0 Å². The lowest BCUT2D eigenvalue weighted by Crippen LogP contribution is -2.58. The second kappa shape index (κ2) is 21.2. The number of fused-ring (bicyclic) bond motifs is 2. The first-order valence-electron chi connectivity index (χ1n) is 27.4. The third kappa shape index (κ3) is 10.7. The number of aromatic nitrogens is 4. The third-order valence-electron chi connectivity index (χ3n) is 16.3. The molecular formula is C58H81N14O2+. The minimum absolute atomic E-state index is 0.00422. The molecule has 0 radical (unpaired) electrons. The van der Waals surface area contributed by atoms with Gasteiger partial charge in [-0.25, -0.2) is 14.1 Å². The number of amides is 4. The van der Waals surface area contributed by atoms with Crippen LogP contribution in [0.4, 0.5) is 21.0 Å². The highest BCUT2D eigenvalue weighted by Gasteiger charge is 2.35. The highest BCUT2D eigenvalue weighted by atomic mass is 16.2. The van der Waals surface area contributed by atoms with Crippen molar-refractivity contribution in [3.63, 3.8) is 0 Å². The summed E-state index contributed by atoms with van der Waals surface area (Å²) in [6.45, 7) is 31.9. The van der Waals surface area contributed by atoms with Crippen LogP contribution in [-0.4, -0.2) is 162 Å². The van der Waals surface area contributed by atoms with E-state index in [2.05, 4.69) is 190 Å². The molecular weight excluding hydrogens is 925 g/mol. The number of benzene rings is 2. The van der Waals surface area contributed by atoms with E-state index in [1.54, 1.807) is 0 Å². The second-order valence-electron chi connectivity index (χ2n) is 22.8. The predicted molar refractivity (Wildman–Crippen MR) is 297 cm³/mol. The van der Waals surface area contributed by atoms with Crippen LogP contribution in [0.3, 0.4) is 0 Å². The average Bonchev–Trinajstić information content (AvgIpc) is 4.06. The molecule has 0 saturated carbocycles. The van der Waals surface area contributed by atoms with Crippen molar-refractivity contribution in [2.45, 2.75) is 104 Å². The normalized spacial score (nSPS) is 21.9. The molecule has 394 valence electrons. The molecule has 6 aromatic rings. The zero-order chi connectivity index (χ0) is 51.9. The summed E-state index contributed by atoms with van der Waals surface area (Å²) in [5.41, 5.74) is 11.4. The maximum absolute atomic E-state index is 14.0. The van der Waals surface area contributed by atoms with Crippen LogP contribution in [0.2, 0.25) is 0 Å². The molecule has 4 N–H and O–H groups in total. The summed E-state index contributed by atoms with van der Waals surface area (Å²) in [4.78, 5) is 40.6. The van der Waals surface area contributed by atoms with Gasteiger partial charge in [0, 0.05) is 139 Å². The number of nitrogens with zero attached hydrogens (tertiary/aromatic N) is 10. The maximum atomic E-state index is 14.0. The molecule has 4 aliphatic heterocycles. The van der Waals surface area contributed by atoms with Crippen LogP contribution < -0.4 is 35.7 Å². The minimum Gasteiger partial charge on any atom is -0.366 e. The molecule has 4 saturated heterocycles. The Labute approximate surface area is 438 Å². The van der Waals surface area contributed by atoms with E-state index in [0.29, 0.717) is 44.8 Å². The van der Waals surface area contributed by atoms with Crippen molar-refractivity contribution in [3.05, 3.63) is 109 Å². The summed E-state index contributed by atoms with van der Waals surface area (Å²) < 4.78 is 6.44.